The Bertz CT molecular complexity index is 738. The van der Waals surface area contributed by atoms with Crippen LogP contribution in [0.4, 0.5) is 0 Å². The highest BCUT2D eigenvalue weighted by molar-refractivity contribution is 14.1. The van der Waals surface area contributed by atoms with Crippen LogP contribution in [0.25, 0.3) is 17.6 Å². The molecule has 0 spiro atoms. The lowest BCUT2D eigenvalue weighted by Crippen LogP contribution is -2.08. The molecule has 128 valence electrons. The molecular weight excluding hydrogens is 421 g/mol. The minimum absolute atomic E-state index is 0.0940. The number of benzene rings is 1. The van der Waals surface area contributed by atoms with Crippen LogP contribution in [0.3, 0.4) is 0 Å². The number of hydrogen-bond acceptors (Lipinski definition) is 5. The molecule has 0 unspecified atom stereocenters. The SMILES string of the molecule is CC(C)OC(=O)/C=C\n1cnc(-c2cc(I)cc(OC(C)C)c2)n1. The Morgan fingerprint density at radius 2 is 1.96 bits per heavy atom. The third-order valence-electron chi connectivity index (χ3n) is 2.73. The number of hydrogen-bond donors (Lipinski definition) is 0. The van der Waals surface area contributed by atoms with Gasteiger partial charge in [0.15, 0.2) is 5.82 Å². The van der Waals surface area contributed by atoms with Crippen LogP contribution < -0.4 is 4.74 Å². The Labute approximate surface area is 155 Å². The van der Waals surface area contributed by atoms with E-state index in [4.69, 9.17) is 9.47 Å². The van der Waals surface area contributed by atoms with Gasteiger partial charge in [0.05, 0.1) is 12.2 Å². The Balaban J connectivity index is 2.17. The zero-order valence-electron chi connectivity index (χ0n) is 14.1. The summed E-state index contributed by atoms with van der Waals surface area (Å²) in [5, 5.41) is 4.35. The smallest absolute Gasteiger partial charge is 0.332 e. The third kappa shape index (κ3) is 5.63. The van der Waals surface area contributed by atoms with Crippen LogP contribution in [0.1, 0.15) is 27.7 Å². The number of carbonyl (C=O) groups excluding carboxylic acids is 1. The summed E-state index contributed by atoms with van der Waals surface area (Å²) in [6.07, 6.45) is 4.31. The van der Waals surface area contributed by atoms with Crippen LogP contribution in [-0.4, -0.2) is 32.9 Å². The van der Waals surface area contributed by atoms with Crippen molar-refractivity contribution in [1.29, 1.82) is 0 Å². The zero-order valence-corrected chi connectivity index (χ0v) is 16.2. The van der Waals surface area contributed by atoms with Crippen LogP contribution in [0.2, 0.25) is 0 Å². The first-order valence-corrected chi connectivity index (χ1v) is 8.69. The molecule has 1 heterocycles. The molecule has 0 bridgehead atoms. The number of nitrogens with zero attached hydrogens (tertiary/aromatic N) is 3. The number of halogens is 1. The average Bonchev–Trinajstić information content (AvgIpc) is 2.92. The topological polar surface area (TPSA) is 66.2 Å². The van der Waals surface area contributed by atoms with Crippen molar-refractivity contribution < 1.29 is 14.3 Å². The third-order valence-corrected chi connectivity index (χ3v) is 3.35. The maximum Gasteiger partial charge on any atom is 0.332 e. The number of aromatic nitrogens is 3. The molecule has 1 aromatic heterocycles. The molecule has 1 aromatic carbocycles. The van der Waals surface area contributed by atoms with Gasteiger partial charge in [-0.1, -0.05) is 0 Å². The fraction of sp³-hybridized carbons (Fsp3) is 0.353. The van der Waals surface area contributed by atoms with Crippen LogP contribution in [0, 0.1) is 3.57 Å². The van der Waals surface area contributed by atoms with Crippen LogP contribution >= 0.6 is 22.6 Å². The Morgan fingerprint density at radius 1 is 1.21 bits per heavy atom. The predicted octanol–water partition coefficient (Wildman–Crippen LogP) is 3.76. The van der Waals surface area contributed by atoms with Crippen molar-refractivity contribution in [3.63, 3.8) is 0 Å². The predicted molar refractivity (Wildman–Crippen MR) is 100 cm³/mol. The first-order valence-electron chi connectivity index (χ1n) is 7.61. The standard InChI is InChI=1S/C17H20IN3O3/c1-11(2)23-15-8-13(7-14(18)9-15)17-19-10-21(20-17)6-5-16(22)24-12(3)4/h5-12H,1-4H3/b6-5-. The van der Waals surface area contributed by atoms with Gasteiger partial charge in [-0.3, -0.25) is 0 Å². The summed E-state index contributed by atoms with van der Waals surface area (Å²) in [6, 6.07) is 5.84. The second-order valence-corrected chi connectivity index (χ2v) is 6.94. The number of ether oxygens (including phenoxy) is 2. The molecule has 6 nitrogen and oxygen atoms in total. The minimum atomic E-state index is -0.413. The Morgan fingerprint density at radius 3 is 2.62 bits per heavy atom. The van der Waals surface area contributed by atoms with E-state index >= 15 is 0 Å². The molecule has 2 rings (SSSR count). The van der Waals surface area contributed by atoms with E-state index in [-0.39, 0.29) is 12.2 Å². The minimum Gasteiger partial charge on any atom is -0.491 e. The molecule has 0 saturated heterocycles. The van der Waals surface area contributed by atoms with Gasteiger partial charge in [-0.15, -0.1) is 5.10 Å². The largest absolute Gasteiger partial charge is 0.491 e. The number of rotatable bonds is 6. The summed E-state index contributed by atoms with van der Waals surface area (Å²) in [6.45, 7) is 7.56. The van der Waals surface area contributed by atoms with Crippen LogP contribution in [0.15, 0.2) is 30.6 Å². The van der Waals surface area contributed by atoms with Gasteiger partial charge in [0, 0.05) is 21.4 Å². The van der Waals surface area contributed by atoms with Crippen molar-refractivity contribution in [2.75, 3.05) is 0 Å². The van der Waals surface area contributed by atoms with Crippen molar-refractivity contribution in [1.82, 2.24) is 14.8 Å². The molecule has 24 heavy (non-hydrogen) atoms. The normalized spacial score (nSPS) is 11.5. The molecule has 0 aliphatic carbocycles. The van der Waals surface area contributed by atoms with Crippen molar-refractivity contribution in [2.45, 2.75) is 39.9 Å². The molecule has 0 atom stereocenters. The van der Waals surface area contributed by atoms with E-state index in [1.807, 2.05) is 32.0 Å². The van der Waals surface area contributed by atoms with Crippen LogP contribution in [0.5, 0.6) is 5.75 Å². The first kappa shape index (κ1) is 18.4. The molecule has 0 aliphatic rings. The van der Waals surface area contributed by atoms with E-state index in [9.17, 15) is 4.79 Å². The van der Waals surface area contributed by atoms with Gasteiger partial charge in [0.25, 0.3) is 0 Å². The lowest BCUT2D eigenvalue weighted by atomic mass is 10.2. The van der Waals surface area contributed by atoms with Crippen molar-refractivity contribution in [3.8, 4) is 17.1 Å². The lowest BCUT2D eigenvalue weighted by Gasteiger charge is -2.10. The molecule has 0 N–H and O–H groups in total. The van der Waals surface area contributed by atoms with E-state index in [1.165, 1.54) is 23.3 Å². The molecule has 0 aliphatic heterocycles. The lowest BCUT2D eigenvalue weighted by molar-refractivity contribution is -0.141. The van der Waals surface area contributed by atoms with Gasteiger partial charge in [-0.25, -0.2) is 14.5 Å². The summed E-state index contributed by atoms with van der Waals surface area (Å²) in [7, 11) is 0. The van der Waals surface area contributed by atoms with E-state index in [1.54, 1.807) is 13.8 Å². The molecule has 0 saturated carbocycles. The quantitative estimate of drug-likeness (QED) is 0.388. The maximum absolute atomic E-state index is 11.5. The van der Waals surface area contributed by atoms with E-state index in [0.717, 1.165) is 14.9 Å². The maximum atomic E-state index is 11.5. The summed E-state index contributed by atoms with van der Waals surface area (Å²) in [4.78, 5) is 15.8. The highest BCUT2D eigenvalue weighted by Crippen LogP contribution is 2.25. The average molecular weight is 441 g/mol. The highest BCUT2D eigenvalue weighted by atomic mass is 127. The van der Waals surface area contributed by atoms with Crippen LogP contribution in [-0.2, 0) is 9.53 Å². The number of carbonyl (C=O) groups is 1. The molecular formula is C17H20IN3O3. The fourth-order valence-corrected chi connectivity index (χ4v) is 2.56. The van der Waals surface area contributed by atoms with E-state index in [0.29, 0.717) is 5.82 Å². The van der Waals surface area contributed by atoms with Gasteiger partial charge in [-0.05, 0) is 68.5 Å². The number of esters is 1. The van der Waals surface area contributed by atoms with Gasteiger partial charge in [0.2, 0.25) is 0 Å². The summed E-state index contributed by atoms with van der Waals surface area (Å²) in [5.74, 6) is 0.923. The Kier molecular flexibility index (Phi) is 6.36. The van der Waals surface area contributed by atoms with E-state index < -0.39 is 5.97 Å². The van der Waals surface area contributed by atoms with Gasteiger partial charge < -0.3 is 9.47 Å². The fourth-order valence-electron chi connectivity index (χ4n) is 1.92. The molecule has 7 heteroatoms. The summed E-state index contributed by atoms with van der Waals surface area (Å²) >= 11 is 2.23. The zero-order chi connectivity index (χ0) is 17.7. The summed E-state index contributed by atoms with van der Waals surface area (Å²) in [5.41, 5.74) is 0.856. The Hall–Kier alpha value is -1.90. The molecule has 0 fully saturated rings. The highest BCUT2D eigenvalue weighted by Gasteiger charge is 2.08. The second kappa shape index (κ2) is 8.27. The van der Waals surface area contributed by atoms with Crippen molar-refractivity contribution >= 4 is 34.8 Å². The van der Waals surface area contributed by atoms with Gasteiger partial charge in [0.1, 0.15) is 12.1 Å². The molecule has 0 radical (unpaired) electrons. The van der Waals surface area contributed by atoms with Crippen molar-refractivity contribution in [2.24, 2.45) is 0 Å². The second-order valence-electron chi connectivity index (χ2n) is 5.69. The molecule has 2 aromatic rings. The summed E-state index contributed by atoms with van der Waals surface area (Å²) < 4.78 is 13.3. The van der Waals surface area contributed by atoms with Gasteiger partial charge in [-0.2, -0.15) is 0 Å². The van der Waals surface area contributed by atoms with Crippen molar-refractivity contribution in [3.05, 3.63) is 34.2 Å². The van der Waals surface area contributed by atoms with E-state index in [2.05, 4.69) is 32.7 Å². The monoisotopic (exact) mass is 441 g/mol. The molecule has 0 amide bonds. The first-order chi connectivity index (χ1) is 11.3. The van der Waals surface area contributed by atoms with Gasteiger partial charge >= 0.3 is 5.97 Å².